The largest absolute Gasteiger partial charge is 0.504 e. The van der Waals surface area contributed by atoms with Crippen LogP contribution in [0.5, 0.6) is 11.5 Å². The molecule has 0 radical (unpaired) electrons. The number of phenols is 2. The quantitative estimate of drug-likeness (QED) is 0.237. The fourth-order valence-electron chi connectivity index (χ4n) is 3.06. The first-order valence-corrected chi connectivity index (χ1v) is 11.6. The molecule has 14 heteroatoms. The average Bonchev–Trinajstić information content (AvgIpc) is 2.80. The first kappa shape index (κ1) is 24.6. The molecule has 34 heavy (non-hydrogen) atoms. The number of rotatable bonds is 7. The number of carbonyl (C=O) groups is 2. The molecular weight excluding hydrogens is 468 g/mol. The topological polar surface area (TPSA) is 186 Å². The highest BCUT2D eigenvalue weighted by atomic mass is 32.2. The molecule has 0 bridgehead atoms. The Balaban J connectivity index is 1.88. The minimum absolute atomic E-state index is 0.00698. The van der Waals surface area contributed by atoms with Crippen molar-refractivity contribution in [2.45, 2.75) is 12.5 Å². The number of nitrogens with one attached hydrogen (secondary N) is 2. The van der Waals surface area contributed by atoms with E-state index in [1.807, 2.05) is 0 Å². The number of carbonyl (C=O) groups excluding carboxylic acids is 2. The lowest BCUT2D eigenvalue weighted by Crippen LogP contribution is -2.45. The number of benzene rings is 1. The monoisotopic (exact) mass is 490 g/mol. The summed E-state index contributed by atoms with van der Waals surface area (Å²) in [6, 6.07) is 2.50. The molecule has 0 saturated carbocycles. The highest BCUT2D eigenvalue weighted by molar-refractivity contribution is 7.84. The van der Waals surface area contributed by atoms with Crippen LogP contribution in [0.3, 0.4) is 0 Å². The lowest BCUT2D eigenvalue weighted by molar-refractivity contribution is -0.118. The highest BCUT2D eigenvalue weighted by Crippen LogP contribution is 2.27. The molecule has 0 aliphatic heterocycles. The van der Waals surface area contributed by atoms with Crippen LogP contribution in [0.4, 0.5) is 5.69 Å². The maximum absolute atomic E-state index is 12.8. The van der Waals surface area contributed by atoms with E-state index in [0.717, 1.165) is 21.4 Å². The van der Waals surface area contributed by atoms with Crippen LogP contribution in [0.1, 0.15) is 16.9 Å². The molecule has 0 spiro atoms. The molecule has 2 amide bonds. The second kappa shape index (κ2) is 9.82. The number of aryl methyl sites for hydroxylation is 1. The first-order chi connectivity index (χ1) is 16.0. The Labute approximate surface area is 194 Å². The fraction of sp³-hybridized carbons (Fsp3) is 0.300. The second-order valence-corrected chi connectivity index (χ2v) is 8.97. The van der Waals surface area contributed by atoms with Gasteiger partial charge in [0.2, 0.25) is 5.91 Å². The summed E-state index contributed by atoms with van der Waals surface area (Å²) in [7, 11) is 1.42. The smallest absolute Gasteiger partial charge is 0.332 e. The normalized spacial score (nSPS) is 12.8. The maximum atomic E-state index is 12.8. The van der Waals surface area contributed by atoms with Gasteiger partial charge < -0.3 is 20.8 Å². The summed E-state index contributed by atoms with van der Waals surface area (Å²) in [4.78, 5) is 58.1. The molecule has 3 aromatic rings. The number of aromatic nitrogens is 4. The Morgan fingerprint density at radius 1 is 1.15 bits per heavy atom. The molecule has 0 aliphatic rings. The van der Waals surface area contributed by atoms with Crippen molar-refractivity contribution < 1.29 is 24.0 Å². The van der Waals surface area contributed by atoms with Crippen LogP contribution in [-0.4, -0.2) is 63.4 Å². The van der Waals surface area contributed by atoms with Crippen molar-refractivity contribution in [2.24, 2.45) is 14.1 Å². The zero-order valence-electron chi connectivity index (χ0n) is 18.4. The predicted molar refractivity (Wildman–Crippen MR) is 123 cm³/mol. The Bertz CT molecular complexity index is 1430. The van der Waals surface area contributed by atoms with Crippen molar-refractivity contribution in [2.75, 3.05) is 17.3 Å². The van der Waals surface area contributed by atoms with Gasteiger partial charge in [-0.25, -0.2) is 14.8 Å². The van der Waals surface area contributed by atoms with Crippen LogP contribution in [0.2, 0.25) is 0 Å². The number of nitrogens with zero attached hydrogens (tertiary/aromatic N) is 4. The Kier molecular flexibility index (Phi) is 7.10. The van der Waals surface area contributed by atoms with E-state index in [0.29, 0.717) is 0 Å². The van der Waals surface area contributed by atoms with Crippen LogP contribution in [-0.2, 0) is 29.7 Å². The number of hydrogen-bond donors (Lipinski definition) is 4. The van der Waals surface area contributed by atoms with E-state index in [-0.39, 0.29) is 40.5 Å². The number of aromatic hydroxyl groups is 2. The third-order valence-electron chi connectivity index (χ3n) is 4.94. The van der Waals surface area contributed by atoms with Gasteiger partial charge in [0, 0.05) is 48.7 Å². The molecule has 0 fully saturated rings. The Hall–Kier alpha value is -4.07. The van der Waals surface area contributed by atoms with Crippen LogP contribution >= 0.6 is 0 Å². The van der Waals surface area contributed by atoms with Crippen LogP contribution in [0.25, 0.3) is 11.2 Å². The van der Waals surface area contributed by atoms with Gasteiger partial charge >= 0.3 is 5.69 Å². The van der Waals surface area contributed by atoms with E-state index in [9.17, 15) is 33.6 Å². The van der Waals surface area contributed by atoms with E-state index >= 15 is 0 Å². The van der Waals surface area contributed by atoms with E-state index < -0.39 is 45.7 Å². The van der Waals surface area contributed by atoms with Gasteiger partial charge in [-0.3, -0.25) is 27.7 Å². The summed E-state index contributed by atoms with van der Waals surface area (Å²) in [5.41, 5.74) is -1.65. The van der Waals surface area contributed by atoms with Gasteiger partial charge in [-0.05, 0) is 18.6 Å². The molecule has 2 aromatic heterocycles. The third kappa shape index (κ3) is 5.11. The second-order valence-electron chi connectivity index (χ2n) is 7.42. The summed E-state index contributed by atoms with van der Waals surface area (Å²) >= 11 is 0. The fourth-order valence-corrected chi connectivity index (χ4v) is 3.63. The van der Waals surface area contributed by atoms with Crippen molar-refractivity contribution in [1.29, 1.82) is 0 Å². The van der Waals surface area contributed by atoms with Gasteiger partial charge in [0.05, 0.1) is 6.20 Å². The zero-order chi connectivity index (χ0) is 25.2. The zero-order valence-corrected chi connectivity index (χ0v) is 19.3. The molecule has 2 heterocycles. The van der Waals surface area contributed by atoms with E-state index in [2.05, 4.69) is 20.6 Å². The lowest BCUT2D eigenvalue weighted by Gasteiger charge is -2.18. The van der Waals surface area contributed by atoms with Crippen LogP contribution in [0.15, 0.2) is 34.0 Å². The number of anilines is 1. The molecule has 0 saturated heterocycles. The first-order valence-electron chi connectivity index (χ1n) is 9.86. The molecule has 2 atom stereocenters. The molecule has 13 nitrogen and oxygen atoms in total. The van der Waals surface area contributed by atoms with Gasteiger partial charge in [0.1, 0.15) is 11.7 Å². The van der Waals surface area contributed by atoms with Gasteiger partial charge in [-0.15, -0.1) is 0 Å². The minimum Gasteiger partial charge on any atom is -0.504 e. The molecule has 0 aliphatic carbocycles. The number of amides is 2. The SMILES string of the molecule is Cn1c(=O)c2nc(C(=O)N[C@@H](CCS(C)=O)C(=O)Nc3ccc(O)c(O)c3)cnc2n(C)c1=O. The van der Waals surface area contributed by atoms with Gasteiger partial charge in [-0.2, -0.15) is 0 Å². The molecule has 180 valence electrons. The minimum atomic E-state index is -1.25. The van der Waals surface area contributed by atoms with E-state index in [1.54, 1.807) is 0 Å². The Morgan fingerprint density at radius 2 is 1.85 bits per heavy atom. The summed E-state index contributed by atoms with van der Waals surface area (Å²) in [6.45, 7) is 0. The standard InChI is InChI=1S/C20H22N6O7S/c1-25-16-15(19(31)26(2)20(25)32)23-12(9-21-16)18(30)24-11(6-7-34(3)33)17(29)22-10-4-5-13(27)14(28)8-10/h4-5,8-9,11,27-28H,6-7H2,1-3H3,(H,22,29)(H,24,30)/t11-,34?/m0/s1. The summed E-state index contributed by atoms with van der Waals surface area (Å²) in [5.74, 6) is -2.21. The van der Waals surface area contributed by atoms with E-state index in [1.165, 1.54) is 32.5 Å². The predicted octanol–water partition coefficient (Wildman–Crippen LogP) is -1.06. The van der Waals surface area contributed by atoms with Crippen molar-refractivity contribution in [3.63, 3.8) is 0 Å². The number of hydrogen-bond acceptors (Lipinski definition) is 9. The summed E-state index contributed by atoms with van der Waals surface area (Å²) in [6.07, 6.45) is 2.53. The number of fused-ring (bicyclic) bond motifs is 1. The van der Waals surface area contributed by atoms with Crippen molar-refractivity contribution in [1.82, 2.24) is 24.4 Å². The summed E-state index contributed by atoms with van der Waals surface area (Å²) in [5, 5.41) is 24.0. The van der Waals surface area contributed by atoms with Crippen LogP contribution < -0.4 is 21.9 Å². The lowest BCUT2D eigenvalue weighted by atomic mass is 10.2. The van der Waals surface area contributed by atoms with Crippen LogP contribution in [0, 0.1) is 0 Å². The molecule has 4 N–H and O–H groups in total. The third-order valence-corrected chi connectivity index (χ3v) is 5.75. The van der Waals surface area contributed by atoms with Gasteiger partial charge in [0.15, 0.2) is 22.7 Å². The Morgan fingerprint density at radius 3 is 2.50 bits per heavy atom. The highest BCUT2D eigenvalue weighted by Gasteiger charge is 2.24. The molecule has 1 aromatic carbocycles. The average molecular weight is 490 g/mol. The van der Waals surface area contributed by atoms with Gasteiger partial charge in [0.25, 0.3) is 11.5 Å². The molecule has 3 rings (SSSR count). The van der Waals surface area contributed by atoms with Crippen molar-refractivity contribution in [3.8, 4) is 11.5 Å². The molecular formula is C20H22N6O7S. The van der Waals surface area contributed by atoms with Crippen molar-refractivity contribution in [3.05, 3.63) is 50.9 Å². The number of phenolic OH excluding ortho intramolecular Hbond substituents is 2. The molecule has 1 unspecified atom stereocenters. The maximum Gasteiger partial charge on any atom is 0.332 e. The van der Waals surface area contributed by atoms with Gasteiger partial charge in [-0.1, -0.05) is 0 Å². The van der Waals surface area contributed by atoms with E-state index in [4.69, 9.17) is 0 Å². The van der Waals surface area contributed by atoms with Crippen molar-refractivity contribution >= 4 is 39.5 Å². The summed E-state index contributed by atoms with van der Waals surface area (Å²) < 4.78 is 13.5.